The molecule has 0 aromatic rings. The minimum Gasteiger partial charge on any atom is -0.390 e. The van der Waals surface area contributed by atoms with Crippen LogP contribution in [0, 0.1) is 0 Å². The molecule has 2 N–H and O–H groups in total. The average Bonchev–Trinajstić information content (AvgIpc) is 3.66. The van der Waals surface area contributed by atoms with Gasteiger partial charge in [-0.3, -0.25) is 9.59 Å². The number of hydrogen-bond donors (Lipinski definition) is 2. The van der Waals surface area contributed by atoms with Crippen molar-refractivity contribution in [2.45, 2.75) is 12.8 Å². The van der Waals surface area contributed by atoms with Gasteiger partial charge in [0.2, 0.25) is 0 Å². The van der Waals surface area contributed by atoms with Gasteiger partial charge in [-0.2, -0.15) is 0 Å². The molecule has 2 aliphatic carbocycles. The van der Waals surface area contributed by atoms with Crippen molar-refractivity contribution >= 4 is 11.6 Å². The van der Waals surface area contributed by atoms with E-state index in [-0.39, 0.29) is 28.1 Å². The minimum absolute atomic E-state index is 0. The molecule has 2 saturated heterocycles. The number of allylic oxidation sites excluding steroid dienone is 10. The summed E-state index contributed by atoms with van der Waals surface area (Å²) in [6.07, 6.45) is 20.0. The Morgan fingerprint density at radius 1 is 0.677 bits per heavy atom. The standard InChI is InChI=1S/2C12H16N2O.Ni/c2*15-12-5-2-1-4-11(12)10-13-6-3-7-14-8-9-14;/h2*1-2,4-5,10,13H,3,6-9H2;/q;;+2. The van der Waals surface area contributed by atoms with Crippen LogP contribution in [0.15, 0.2) is 72.2 Å². The van der Waals surface area contributed by atoms with Gasteiger partial charge < -0.3 is 20.4 Å². The Hall–Kier alpha value is -2.21. The van der Waals surface area contributed by atoms with Crippen LogP contribution in [-0.4, -0.2) is 73.7 Å². The van der Waals surface area contributed by atoms with Gasteiger partial charge in [0.05, 0.1) is 0 Å². The van der Waals surface area contributed by atoms with Crippen LogP contribution in [-0.2, 0) is 26.1 Å². The van der Waals surface area contributed by atoms with Crippen LogP contribution < -0.4 is 10.6 Å². The molecule has 0 aromatic heterocycles. The van der Waals surface area contributed by atoms with Crippen LogP contribution in [0.25, 0.3) is 0 Å². The third-order valence-electron chi connectivity index (χ3n) is 5.02. The molecular weight excluding hydrogens is 435 g/mol. The quantitative estimate of drug-likeness (QED) is 0.221. The summed E-state index contributed by atoms with van der Waals surface area (Å²) < 4.78 is 0. The van der Waals surface area contributed by atoms with Crippen LogP contribution in [0.3, 0.4) is 0 Å². The van der Waals surface area contributed by atoms with Crippen molar-refractivity contribution < 1.29 is 26.1 Å². The van der Waals surface area contributed by atoms with Crippen molar-refractivity contribution in [3.05, 3.63) is 72.2 Å². The van der Waals surface area contributed by atoms with Crippen molar-refractivity contribution in [1.29, 1.82) is 0 Å². The third-order valence-corrected chi connectivity index (χ3v) is 5.02. The van der Waals surface area contributed by atoms with E-state index in [1.54, 1.807) is 24.3 Å². The second kappa shape index (κ2) is 14.0. The normalized spacial score (nSPS) is 21.7. The molecule has 4 aliphatic rings. The minimum atomic E-state index is 0. The number of carbonyl (C=O) groups is 2. The molecule has 0 amide bonds. The summed E-state index contributed by atoms with van der Waals surface area (Å²) in [5.74, 6) is 0.159. The Morgan fingerprint density at radius 2 is 1.06 bits per heavy atom. The number of hydrogen-bond acceptors (Lipinski definition) is 6. The first-order chi connectivity index (χ1) is 14.7. The van der Waals surface area contributed by atoms with Crippen LogP contribution >= 0.6 is 0 Å². The van der Waals surface area contributed by atoms with E-state index in [4.69, 9.17) is 0 Å². The second-order valence-corrected chi connectivity index (χ2v) is 7.66. The zero-order valence-electron chi connectivity index (χ0n) is 17.9. The topological polar surface area (TPSA) is 64.2 Å². The van der Waals surface area contributed by atoms with Crippen LogP contribution in [0.4, 0.5) is 0 Å². The Bertz CT molecular complexity index is 721. The number of nitrogens with one attached hydrogen (secondary N) is 2. The molecular formula is C24H32N4NiO2+2. The summed E-state index contributed by atoms with van der Waals surface area (Å²) in [6, 6.07) is 0. The molecule has 0 radical (unpaired) electrons. The predicted octanol–water partition coefficient (Wildman–Crippen LogP) is 1.72. The van der Waals surface area contributed by atoms with E-state index in [9.17, 15) is 9.59 Å². The Labute approximate surface area is 195 Å². The van der Waals surface area contributed by atoms with Gasteiger partial charge in [-0.25, -0.2) is 0 Å². The smallest absolute Gasteiger partial charge is 0.390 e. The molecule has 6 nitrogen and oxygen atoms in total. The molecule has 0 unspecified atom stereocenters. The van der Waals surface area contributed by atoms with E-state index in [0.717, 1.165) is 37.1 Å². The van der Waals surface area contributed by atoms with Crippen LogP contribution in [0.2, 0.25) is 0 Å². The fourth-order valence-corrected chi connectivity index (χ4v) is 2.96. The van der Waals surface area contributed by atoms with Crippen LogP contribution in [0.1, 0.15) is 12.8 Å². The third kappa shape index (κ3) is 10.6. The molecule has 2 aliphatic heterocycles. The van der Waals surface area contributed by atoms with Gasteiger partial charge in [-0.05, 0) is 50.2 Å². The van der Waals surface area contributed by atoms with Gasteiger partial charge in [-0.1, -0.05) is 24.3 Å². The largest absolute Gasteiger partial charge is 2.00 e. The van der Waals surface area contributed by atoms with Gasteiger partial charge in [0, 0.05) is 62.8 Å². The summed E-state index contributed by atoms with van der Waals surface area (Å²) in [6.45, 7) is 9.23. The molecule has 31 heavy (non-hydrogen) atoms. The van der Waals surface area contributed by atoms with Gasteiger partial charge in [0.15, 0.2) is 11.6 Å². The summed E-state index contributed by atoms with van der Waals surface area (Å²) in [5.41, 5.74) is 1.48. The molecule has 0 aromatic carbocycles. The monoisotopic (exact) mass is 466 g/mol. The Morgan fingerprint density at radius 3 is 1.42 bits per heavy atom. The van der Waals surface area contributed by atoms with E-state index in [0.29, 0.717) is 0 Å². The molecule has 2 fully saturated rings. The van der Waals surface area contributed by atoms with E-state index < -0.39 is 0 Å². The fraction of sp³-hybridized carbons (Fsp3) is 0.417. The van der Waals surface area contributed by atoms with Crippen molar-refractivity contribution in [3.8, 4) is 0 Å². The second-order valence-electron chi connectivity index (χ2n) is 7.66. The summed E-state index contributed by atoms with van der Waals surface area (Å²) in [5, 5.41) is 6.35. The first kappa shape index (κ1) is 25.1. The summed E-state index contributed by atoms with van der Waals surface area (Å²) in [4.78, 5) is 27.4. The zero-order chi connectivity index (χ0) is 21.0. The number of carbonyl (C=O) groups excluding carboxylic acids is 2. The molecule has 0 atom stereocenters. The Kier molecular flexibility index (Phi) is 11.3. The van der Waals surface area contributed by atoms with E-state index in [1.807, 2.05) is 36.7 Å². The maximum atomic E-state index is 11.3. The summed E-state index contributed by atoms with van der Waals surface area (Å²) >= 11 is 0. The van der Waals surface area contributed by atoms with E-state index in [2.05, 4.69) is 20.4 Å². The van der Waals surface area contributed by atoms with E-state index in [1.165, 1.54) is 39.3 Å². The van der Waals surface area contributed by atoms with E-state index >= 15 is 0 Å². The van der Waals surface area contributed by atoms with Gasteiger partial charge in [-0.15, -0.1) is 0 Å². The molecule has 0 bridgehead atoms. The number of nitrogens with zero attached hydrogens (tertiary/aromatic N) is 2. The first-order valence-corrected chi connectivity index (χ1v) is 10.8. The van der Waals surface area contributed by atoms with Crippen molar-refractivity contribution in [1.82, 2.24) is 20.4 Å². The average molecular weight is 467 g/mol. The van der Waals surface area contributed by atoms with Crippen molar-refractivity contribution in [3.63, 3.8) is 0 Å². The SMILES string of the molecule is O=C1C=CC=CC1=CNCCCN1CC1.O=C1C=CC=CC1=CNCCCN1CC1.[Ni+2]. The maximum Gasteiger partial charge on any atom is 2.00 e. The van der Waals surface area contributed by atoms with Crippen molar-refractivity contribution in [2.24, 2.45) is 0 Å². The molecule has 0 saturated carbocycles. The van der Waals surface area contributed by atoms with Crippen LogP contribution in [0.5, 0.6) is 0 Å². The zero-order valence-corrected chi connectivity index (χ0v) is 18.9. The summed E-state index contributed by atoms with van der Waals surface area (Å²) in [7, 11) is 0. The van der Waals surface area contributed by atoms with Gasteiger partial charge >= 0.3 is 16.5 Å². The first-order valence-electron chi connectivity index (χ1n) is 10.8. The molecule has 0 spiro atoms. The number of rotatable bonds is 10. The maximum absolute atomic E-state index is 11.3. The number of ketones is 2. The van der Waals surface area contributed by atoms with Gasteiger partial charge in [0.25, 0.3) is 0 Å². The molecule has 4 rings (SSSR count). The fourth-order valence-electron chi connectivity index (χ4n) is 2.96. The molecule has 168 valence electrons. The van der Waals surface area contributed by atoms with Crippen molar-refractivity contribution in [2.75, 3.05) is 52.4 Å². The van der Waals surface area contributed by atoms with Gasteiger partial charge in [0.1, 0.15) is 0 Å². The molecule has 7 heteroatoms. The molecule has 2 heterocycles. The predicted molar refractivity (Wildman–Crippen MR) is 121 cm³/mol. The Balaban J connectivity index is 0.000000213.